The molecular weight excluding hydrogens is 1390 g/mol. The molecule has 0 atom stereocenters. The molecule has 2 N–H and O–H groups in total. The third-order valence-electron chi connectivity index (χ3n) is 12.4. The van der Waals surface area contributed by atoms with Crippen LogP contribution in [0.3, 0.4) is 0 Å². The van der Waals surface area contributed by atoms with E-state index in [1.807, 2.05) is 0 Å². The van der Waals surface area contributed by atoms with Gasteiger partial charge in [-0.2, -0.15) is 8.61 Å². The average molecular weight is 1450 g/mol. The van der Waals surface area contributed by atoms with E-state index < -0.39 is 45.0 Å². The topological polar surface area (TPSA) is 218 Å². The van der Waals surface area contributed by atoms with E-state index in [9.17, 15) is 26.4 Å². The monoisotopic (exact) mass is 1450 g/mol. The summed E-state index contributed by atoms with van der Waals surface area (Å²) in [6.45, 7) is -1.34. The second-order valence-corrected chi connectivity index (χ2v) is 25.6. The van der Waals surface area contributed by atoms with Crippen LogP contribution in [0.15, 0.2) is 176 Å². The van der Waals surface area contributed by atoms with Gasteiger partial charge < -0.3 is 48.4 Å². The maximum Gasteiger partial charge on any atom is 0.321 e. The molecule has 26 heteroatoms. The second-order valence-electron chi connectivity index (χ2n) is 18.4. The van der Waals surface area contributed by atoms with Gasteiger partial charge in [0.1, 0.15) is 75.5 Å². The van der Waals surface area contributed by atoms with Crippen molar-refractivity contribution in [2.75, 3.05) is 48.6 Å². The number of carbonyl (C=O) groups is 2. The minimum atomic E-state index is -4.40. The number of ether oxygens (including phenoxy) is 9. The van der Waals surface area contributed by atoms with E-state index in [1.165, 1.54) is 57.7 Å². The fourth-order valence-corrected chi connectivity index (χ4v) is 13.6. The number of nitrogens with zero attached hydrogens (tertiary/aromatic N) is 2. The summed E-state index contributed by atoms with van der Waals surface area (Å²) in [6.07, 6.45) is 0. The molecule has 0 aromatic heterocycles. The Morgan fingerprint density at radius 3 is 1.03 bits per heavy atom. The molecule has 88 heavy (non-hydrogen) atoms. The van der Waals surface area contributed by atoms with E-state index in [0.29, 0.717) is 43.1 Å². The van der Waals surface area contributed by atoms with Crippen LogP contribution >= 0.6 is 78.3 Å². The Hall–Kier alpha value is -6.96. The van der Waals surface area contributed by atoms with Gasteiger partial charge in [-0.05, 0) is 119 Å². The van der Waals surface area contributed by atoms with E-state index in [4.69, 9.17) is 94.8 Å². The van der Waals surface area contributed by atoms with E-state index in [0.717, 1.165) is 19.7 Å². The fraction of sp³-hybridized carbons (Fsp3) is 0.194. The van der Waals surface area contributed by atoms with Crippen LogP contribution in [0.1, 0.15) is 29.7 Å². The lowest BCUT2D eigenvalue weighted by Crippen LogP contribution is -2.38. The maximum absolute atomic E-state index is 14.3. The van der Waals surface area contributed by atoms with E-state index >= 15 is 0 Å². The highest BCUT2D eigenvalue weighted by Gasteiger charge is 2.33. The molecule has 0 unspecified atom stereocenters. The van der Waals surface area contributed by atoms with Crippen LogP contribution in [-0.2, 0) is 60.7 Å². The predicted octanol–water partition coefficient (Wildman–Crippen LogP) is 15.0. The summed E-state index contributed by atoms with van der Waals surface area (Å²) in [6, 6.07) is 42.8. The molecule has 0 heterocycles. The molecule has 0 fully saturated rings. The minimum absolute atomic E-state index is 0. The van der Waals surface area contributed by atoms with Gasteiger partial charge >= 0.3 is 5.97 Å². The highest BCUT2D eigenvalue weighted by atomic mass is 79.9. The van der Waals surface area contributed by atoms with Gasteiger partial charge in [0.15, 0.2) is 11.5 Å². The quantitative estimate of drug-likeness (QED) is 0.0499. The van der Waals surface area contributed by atoms with Gasteiger partial charge in [0.2, 0.25) is 26.0 Å². The average Bonchev–Trinajstić information content (AvgIpc) is 3.37. The maximum atomic E-state index is 14.3. The van der Waals surface area contributed by atoms with Crippen molar-refractivity contribution in [3.05, 3.63) is 209 Å². The molecule has 0 saturated heterocycles. The van der Waals surface area contributed by atoms with Gasteiger partial charge in [0.25, 0.3) is 0 Å². The molecule has 0 bridgehead atoms. The Morgan fingerprint density at radius 1 is 0.443 bits per heavy atom. The van der Waals surface area contributed by atoms with E-state index in [-0.39, 0.29) is 98.1 Å². The predicted molar refractivity (Wildman–Crippen MR) is 345 cm³/mol. The van der Waals surface area contributed by atoms with Crippen LogP contribution in [0.5, 0.6) is 57.5 Å². The van der Waals surface area contributed by atoms with Crippen molar-refractivity contribution in [1.29, 1.82) is 0 Å². The van der Waals surface area contributed by atoms with Crippen LogP contribution in [0.4, 0.5) is 0 Å². The number of nitrogens with two attached hydrogens (primary N) is 1. The summed E-state index contributed by atoms with van der Waals surface area (Å²) in [7, 11) is -1.44. The zero-order valence-electron chi connectivity index (χ0n) is 46.9. The van der Waals surface area contributed by atoms with Gasteiger partial charge in [0.05, 0.1) is 62.2 Å². The van der Waals surface area contributed by atoms with Crippen molar-refractivity contribution in [2.24, 2.45) is 5.73 Å². The number of rotatable bonds is 26. The molecule has 1 amide bonds. The highest BCUT2D eigenvalue weighted by Crippen LogP contribution is 2.43. The Labute approximate surface area is 548 Å². The van der Waals surface area contributed by atoms with Crippen molar-refractivity contribution < 1.29 is 69.1 Å². The lowest BCUT2D eigenvalue weighted by Gasteiger charge is -2.23. The van der Waals surface area contributed by atoms with Gasteiger partial charge in [0, 0.05) is 34.2 Å². The summed E-state index contributed by atoms with van der Waals surface area (Å²) >= 11 is 32.1. The number of benzene rings is 8. The highest BCUT2D eigenvalue weighted by molar-refractivity contribution is 9.10. The summed E-state index contributed by atoms with van der Waals surface area (Å²) < 4.78 is 110. The van der Waals surface area contributed by atoms with E-state index in [1.54, 1.807) is 136 Å². The molecule has 0 aliphatic heterocycles. The SMILES string of the molecule is C.COC(=O)CN(Cc1ccc(OC)cc1)S(=O)(=O)c1cc(Oc2c(Cl)cc(Br)cc2Cl)ccc1OCc1ccc(OC)cc1.COc1ccc(COc2ccc(Oc3c(Cl)cc(Br)cc3Cl)cc2S(=O)(=O)N(CC(N)=O)Cc2ccc(OC)cc2)cc1. The number of primary amides is 1. The summed E-state index contributed by atoms with van der Waals surface area (Å²) in [5, 5.41) is 0.831. The first-order valence-corrected chi connectivity index (χ1v) is 31.6. The standard InChI is InChI=1S/C31H28BrCl2NO8S.C30H27BrCl2N2O7S.CH4/c1-39-23-8-4-20(5-9-23)17-35(18-30(36)41-3)44(37,38)29-16-25(43-31-26(33)14-22(32)15-27(31)34)12-13-28(29)42-19-21-6-10-24(40-2)11-7-21;1-39-22-7-3-19(4-8-22)16-35(17-29(34)36)43(37,38)28-15-24(42-30-25(32)13-21(31)14-26(30)33)11-12-27(28)41-18-20-5-9-23(40-2)10-6-20;/h4-16H,17-19H2,1-3H3;3-15H,16-18H2,1-2H3,(H2,34,36);1H4. The Morgan fingerprint density at radius 2 is 0.739 bits per heavy atom. The van der Waals surface area contributed by atoms with Crippen molar-refractivity contribution in [3.8, 4) is 57.5 Å². The Kier molecular flexibility index (Phi) is 25.9. The molecule has 0 spiro atoms. The van der Waals surface area contributed by atoms with Crippen molar-refractivity contribution >= 4 is 110 Å². The van der Waals surface area contributed by atoms with Crippen LogP contribution < -0.4 is 43.6 Å². The van der Waals surface area contributed by atoms with Crippen molar-refractivity contribution in [1.82, 2.24) is 8.61 Å². The molecule has 8 rings (SSSR count). The number of esters is 1. The summed E-state index contributed by atoms with van der Waals surface area (Å²) in [5.41, 5.74) is 8.23. The first-order valence-electron chi connectivity index (χ1n) is 25.6. The van der Waals surface area contributed by atoms with Crippen LogP contribution in [0.25, 0.3) is 0 Å². The van der Waals surface area contributed by atoms with Gasteiger partial charge in [-0.25, -0.2) is 16.8 Å². The fourth-order valence-electron chi connectivity index (χ4n) is 7.98. The van der Waals surface area contributed by atoms with Gasteiger partial charge in [-0.3, -0.25) is 9.59 Å². The minimum Gasteiger partial charge on any atom is -0.497 e. The third-order valence-corrected chi connectivity index (χ3v) is 18.1. The number of hydrogen-bond acceptors (Lipinski definition) is 15. The van der Waals surface area contributed by atoms with Crippen LogP contribution in [-0.4, -0.2) is 86.0 Å². The second kappa shape index (κ2) is 32.5. The Bertz CT molecular complexity index is 3890. The van der Waals surface area contributed by atoms with Crippen LogP contribution in [0.2, 0.25) is 20.1 Å². The third kappa shape index (κ3) is 19.0. The summed E-state index contributed by atoms with van der Waals surface area (Å²) in [5.74, 6) is 1.51. The zero-order valence-corrected chi connectivity index (χ0v) is 54.8. The molecule has 8 aromatic carbocycles. The molecule has 0 saturated carbocycles. The van der Waals surface area contributed by atoms with Crippen LogP contribution in [0, 0.1) is 0 Å². The number of hydrogen-bond donors (Lipinski definition) is 1. The normalized spacial score (nSPS) is 11.1. The molecule has 466 valence electrons. The number of amides is 1. The number of methoxy groups -OCH3 is 5. The smallest absolute Gasteiger partial charge is 0.321 e. The summed E-state index contributed by atoms with van der Waals surface area (Å²) in [4.78, 5) is 23.9. The molecule has 0 radical (unpaired) electrons. The van der Waals surface area contributed by atoms with Crippen molar-refractivity contribution in [2.45, 2.75) is 43.5 Å². The van der Waals surface area contributed by atoms with Gasteiger partial charge in [-0.1, -0.05) is 134 Å². The number of carbonyl (C=O) groups excluding carboxylic acids is 2. The molecule has 18 nitrogen and oxygen atoms in total. The molecule has 0 aliphatic rings. The zero-order chi connectivity index (χ0) is 63.0. The number of sulfonamides is 2. The first-order chi connectivity index (χ1) is 41.5. The molecule has 8 aromatic rings. The Balaban J connectivity index is 0.000000278. The number of halogens is 6. The lowest BCUT2D eigenvalue weighted by atomic mass is 10.2. The molecular formula is C62H59Br2Cl4N3O15S2. The van der Waals surface area contributed by atoms with Gasteiger partial charge in [-0.15, -0.1) is 0 Å². The lowest BCUT2D eigenvalue weighted by molar-refractivity contribution is -0.140. The van der Waals surface area contributed by atoms with Crippen molar-refractivity contribution in [3.63, 3.8) is 0 Å². The molecule has 0 aliphatic carbocycles. The first kappa shape index (κ1) is 70.1. The largest absolute Gasteiger partial charge is 0.497 e. The van der Waals surface area contributed by atoms with E-state index in [2.05, 4.69) is 31.9 Å².